The van der Waals surface area contributed by atoms with Gasteiger partial charge in [0.05, 0.1) is 17.0 Å². The molecule has 0 amide bonds. The fourth-order valence-corrected chi connectivity index (χ4v) is 5.61. The van der Waals surface area contributed by atoms with Crippen LogP contribution in [-0.2, 0) is 16.0 Å². The molecule has 27 heavy (non-hydrogen) atoms. The second kappa shape index (κ2) is 7.63. The number of methoxy groups -OCH3 is 1. The number of thiazole rings is 1. The molecular formula is C19H17NO4S3. The minimum Gasteiger partial charge on any atom is -0.465 e. The number of benzene rings is 1. The highest BCUT2D eigenvalue weighted by molar-refractivity contribution is 8.00. The Labute approximate surface area is 169 Å². The number of thioether (sulfide) groups is 1. The molecule has 0 bridgehead atoms. The molecule has 4 rings (SSSR count). The topological polar surface area (TPSA) is 57.7 Å². The normalized spacial score (nSPS) is 15.9. The van der Waals surface area contributed by atoms with Gasteiger partial charge in [-0.2, -0.15) is 4.89 Å². The van der Waals surface area contributed by atoms with Crippen LogP contribution in [0.15, 0.2) is 33.9 Å². The first-order valence-electron chi connectivity index (χ1n) is 8.27. The van der Waals surface area contributed by atoms with E-state index in [4.69, 9.17) is 19.5 Å². The number of hydrogen-bond donors (Lipinski definition) is 0. The molecule has 0 radical (unpaired) electrons. The van der Waals surface area contributed by atoms with Gasteiger partial charge in [0.2, 0.25) is 0 Å². The van der Waals surface area contributed by atoms with Gasteiger partial charge in [-0.1, -0.05) is 12.1 Å². The van der Waals surface area contributed by atoms with Crippen molar-refractivity contribution in [3.8, 4) is 27.6 Å². The third-order valence-electron chi connectivity index (χ3n) is 4.18. The van der Waals surface area contributed by atoms with Gasteiger partial charge in [-0.25, -0.2) is 9.78 Å². The van der Waals surface area contributed by atoms with E-state index in [1.165, 1.54) is 18.4 Å². The largest absolute Gasteiger partial charge is 0.465 e. The van der Waals surface area contributed by atoms with E-state index in [9.17, 15) is 4.79 Å². The van der Waals surface area contributed by atoms with Gasteiger partial charge >= 0.3 is 5.97 Å². The standard InChI is InChI=1S/C19H17NO4S3/c1-10-6-12-5-4-11(7-15(12)24-23-10)14-9-26-17(20-14)13-8-16(18(21)22-2)27-19(13)25-3/h4-5,7-10H,6H2,1-3H3. The van der Waals surface area contributed by atoms with Gasteiger partial charge in [0, 0.05) is 28.5 Å². The zero-order valence-electron chi connectivity index (χ0n) is 15.0. The summed E-state index contributed by atoms with van der Waals surface area (Å²) < 4.78 is 5.89. The minimum atomic E-state index is -0.320. The quantitative estimate of drug-likeness (QED) is 0.325. The van der Waals surface area contributed by atoms with Crippen LogP contribution >= 0.6 is 34.4 Å². The molecule has 8 heteroatoms. The third kappa shape index (κ3) is 3.62. The van der Waals surface area contributed by atoms with E-state index < -0.39 is 0 Å². The molecule has 3 heterocycles. The molecule has 0 saturated carbocycles. The molecule has 0 spiro atoms. The number of rotatable bonds is 4. The number of carbonyl (C=O) groups excluding carboxylic acids is 1. The van der Waals surface area contributed by atoms with E-state index in [1.54, 1.807) is 23.1 Å². The Balaban J connectivity index is 1.66. The molecule has 1 aliphatic heterocycles. The van der Waals surface area contributed by atoms with Gasteiger partial charge in [0.15, 0.2) is 5.75 Å². The number of thiophene rings is 1. The maximum atomic E-state index is 11.8. The number of nitrogens with zero attached hydrogens (tertiary/aromatic N) is 1. The molecular weight excluding hydrogens is 402 g/mol. The van der Waals surface area contributed by atoms with Crippen molar-refractivity contribution in [1.29, 1.82) is 0 Å². The summed E-state index contributed by atoms with van der Waals surface area (Å²) >= 11 is 4.59. The van der Waals surface area contributed by atoms with Gasteiger partial charge in [0.25, 0.3) is 0 Å². The molecule has 1 atom stereocenters. The number of ether oxygens (including phenoxy) is 1. The number of aromatic nitrogens is 1. The van der Waals surface area contributed by atoms with Crippen molar-refractivity contribution in [2.45, 2.75) is 23.7 Å². The lowest BCUT2D eigenvalue weighted by molar-refractivity contribution is -0.249. The van der Waals surface area contributed by atoms with E-state index >= 15 is 0 Å². The van der Waals surface area contributed by atoms with Crippen LogP contribution < -0.4 is 4.89 Å². The Morgan fingerprint density at radius 3 is 3.00 bits per heavy atom. The van der Waals surface area contributed by atoms with Crippen LogP contribution in [0, 0.1) is 0 Å². The van der Waals surface area contributed by atoms with E-state index in [0.717, 1.165) is 43.8 Å². The van der Waals surface area contributed by atoms with Crippen LogP contribution in [0.2, 0.25) is 0 Å². The van der Waals surface area contributed by atoms with E-state index in [1.807, 2.05) is 30.7 Å². The van der Waals surface area contributed by atoms with E-state index in [2.05, 4.69) is 12.1 Å². The third-order valence-corrected chi connectivity index (χ3v) is 7.30. The average Bonchev–Trinajstić information content (AvgIpc) is 3.33. The first-order chi connectivity index (χ1) is 13.1. The predicted molar refractivity (Wildman–Crippen MR) is 109 cm³/mol. The fraction of sp³-hybridized carbons (Fsp3) is 0.263. The molecule has 140 valence electrons. The Morgan fingerprint density at radius 1 is 1.37 bits per heavy atom. The maximum Gasteiger partial charge on any atom is 0.348 e. The Kier molecular flexibility index (Phi) is 5.23. The molecule has 5 nitrogen and oxygen atoms in total. The van der Waals surface area contributed by atoms with Gasteiger partial charge < -0.3 is 9.62 Å². The summed E-state index contributed by atoms with van der Waals surface area (Å²) in [5.41, 5.74) is 3.95. The summed E-state index contributed by atoms with van der Waals surface area (Å²) in [4.78, 5) is 27.9. The zero-order chi connectivity index (χ0) is 19.0. The first kappa shape index (κ1) is 18.5. The van der Waals surface area contributed by atoms with Gasteiger partial charge in [-0.05, 0) is 25.3 Å². The number of esters is 1. The minimum absolute atomic E-state index is 0.0572. The summed E-state index contributed by atoms with van der Waals surface area (Å²) in [7, 11) is 1.39. The monoisotopic (exact) mass is 419 g/mol. The van der Waals surface area contributed by atoms with Crippen LogP contribution in [0.25, 0.3) is 21.8 Å². The summed E-state index contributed by atoms with van der Waals surface area (Å²) in [6.45, 7) is 1.98. The summed E-state index contributed by atoms with van der Waals surface area (Å²) in [5, 5.41) is 2.90. The van der Waals surface area contributed by atoms with Crippen LogP contribution in [0.3, 0.4) is 0 Å². The van der Waals surface area contributed by atoms with Gasteiger partial charge in [-0.3, -0.25) is 0 Å². The molecule has 3 aromatic rings. The van der Waals surface area contributed by atoms with Crippen molar-refractivity contribution >= 4 is 40.4 Å². The lowest BCUT2D eigenvalue weighted by Crippen LogP contribution is -2.20. The van der Waals surface area contributed by atoms with Crippen molar-refractivity contribution < 1.29 is 19.3 Å². The highest BCUT2D eigenvalue weighted by Gasteiger charge is 2.21. The van der Waals surface area contributed by atoms with Crippen LogP contribution in [0.4, 0.5) is 0 Å². The van der Waals surface area contributed by atoms with Crippen molar-refractivity contribution in [2.24, 2.45) is 0 Å². The van der Waals surface area contributed by atoms with Crippen LogP contribution in [-0.4, -0.2) is 30.4 Å². The molecule has 1 unspecified atom stereocenters. The summed E-state index contributed by atoms with van der Waals surface area (Å²) in [6, 6.07) is 7.94. The second-order valence-corrected chi connectivity index (χ2v) is 9.05. The lowest BCUT2D eigenvalue weighted by Gasteiger charge is -2.21. The van der Waals surface area contributed by atoms with Gasteiger partial charge in [-0.15, -0.1) is 34.4 Å². The Hall–Kier alpha value is -1.87. The first-order valence-corrected chi connectivity index (χ1v) is 11.2. The van der Waals surface area contributed by atoms with Crippen molar-refractivity contribution in [1.82, 2.24) is 4.98 Å². The van der Waals surface area contributed by atoms with E-state index in [-0.39, 0.29) is 12.1 Å². The Bertz CT molecular complexity index is 995. The highest BCUT2D eigenvalue weighted by Crippen LogP contribution is 2.41. The predicted octanol–water partition coefficient (Wildman–Crippen LogP) is 5.30. The molecule has 2 aromatic heterocycles. The average molecular weight is 420 g/mol. The molecule has 0 fully saturated rings. The van der Waals surface area contributed by atoms with Crippen molar-refractivity contribution in [3.05, 3.63) is 40.1 Å². The van der Waals surface area contributed by atoms with Gasteiger partial charge in [0.1, 0.15) is 16.0 Å². The highest BCUT2D eigenvalue weighted by atomic mass is 32.2. The molecule has 0 aliphatic carbocycles. The lowest BCUT2D eigenvalue weighted by atomic mass is 10.0. The molecule has 1 aliphatic rings. The number of fused-ring (bicyclic) bond motifs is 1. The second-order valence-electron chi connectivity index (χ2n) is 6.06. The van der Waals surface area contributed by atoms with Crippen molar-refractivity contribution in [2.75, 3.05) is 13.4 Å². The molecule has 0 N–H and O–H groups in total. The summed E-state index contributed by atoms with van der Waals surface area (Å²) in [6.07, 6.45) is 2.88. The fourth-order valence-electron chi connectivity index (χ4n) is 2.84. The van der Waals surface area contributed by atoms with Crippen LogP contribution in [0.5, 0.6) is 5.75 Å². The number of carbonyl (C=O) groups is 1. The molecule has 1 aromatic carbocycles. The zero-order valence-corrected chi connectivity index (χ0v) is 17.4. The maximum absolute atomic E-state index is 11.8. The number of hydrogen-bond acceptors (Lipinski definition) is 8. The van der Waals surface area contributed by atoms with E-state index in [0.29, 0.717) is 4.88 Å². The van der Waals surface area contributed by atoms with Crippen molar-refractivity contribution in [3.63, 3.8) is 0 Å². The SMILES string of the molecule is COC(=O)c1cc(-c2nc(-c3ccc4c(c3)OOC(C)C4)cs2)c(SC)s1. The van der Waals surface area contributed by atoms with Crippen LogP contribution in [0.1, 0.15) is 22.2 Å². The molecule has 0 saturated heterocycles. The summed E-state index contributed by atoms with van der Waals surface area (Å²) in [5.74, 6) is 0.424. The Morgan fingerprint density at radius 2 is 2.22 bits per heavy atom. The smallest absolute Gasteiger partial charge is 0.348 e.